The van der Waals surface area contributed by atoms with Gasteiger partial charge in [-0.25, -0.2) is 0 Å². The van der Waals surface area contributed by atoms with Crippen LogP contribution < -0.4 is 11.3 Å². The van der Waals surface area contributed by atoms with Crippen molar-refractivity contribution >= 4 is 0 Å². The molecule has 0 spiro atoms. The van der Waals surface area contributed by atoms with Gasteiger partial charge in [0.05, 0.1) is 12.2 Å². The number of rotatable bonds is 4. The molecule has 1 atom stereocenters. The average Bonchev–Trinajstić information content (AvgIpc) is 2.81. The van der Waals surface area contributed by atoms with E-state index in [1.807, 2.05) is 12.1 Å². The lowest BCUT2D eigenvalue weighted by atomic mass is 10.00. The number of aromatic amines is 1. The summed E-state index contributed by atoms with van der Waals surface area (Å²) in [5, 5.41) is 10.4. The van der Waals surface area contributed by atoms with Crippen LogP contribution in [0.15, 0.2) is 30.5 Å². The van der Waals surface area contributed by atoms with Crippen LogP contribution >= 0.6 is 0 Å². The van der Waals surface area contributed by atoms with Gasteiger partial charge in [0.2, 0.25) is 0 Å². The number of benzene rings is 1. The second-order valence-corrected chi connectivity index (χ2v) is 3.74. The van der Waals surface area contributed by atoms with E-state index in [4.69, 9.17) is 5.84 Å². The van der Waals surface area contributed by atoms with Gasteiger partial charge in [-0.3, -0.25) is 11.3 Å². The number of hydrogen-bond acceptors (Lipinski definition) is 4. The Morgan fingerprint density at radius 3 is 2.88 bits per heavy atom. The van der Waals surface area contributed by atoms with Gasteiger partial charge in [-0.15, -0.1) is 0 Å². The fraction of sp³-hybridized carbons (Fsp3) is 0.273. The van der Waals surface area contributed by atoms with Crippen LogP contribution in [0.25, 0.3) is 0 Å². The highest BCUT2D eigenvalue weighted by Crippen LogP contribution is 2.17. The first-order valence-electron chi connectivity index (χ1n) is 5.17. The minimum Gasteiger partial charge on any atom is -0.271 e. The Morgan fingerprint density at radius 2 is 2.25 bits per heavy atom. The first-order chi connectivity index (χ1) is 7.81. The monoisotopic (exact) mass is 217 g/mol. The second-order valence-electron chi connectivity index (χ2n) is 3.74. The number of nitrogens with one attached hydrogen (secondary N) is 2. The van der Waals surface area contributed by atoms with Crippen molar-refractivity contribution in [3.63, 3.8) is 0 Å². The Bertz CT molecular complexity index is 437. The summed E-state index contributed by atoms with van der Waals surface area (Å²) in [5.41, 5.74) is 6.10. The van der Waals surface area contributed by atoms with Crippen LogP contribution in [0.2, 0.25) is 0 Å². The van der Waals surface area contributed by atoms with Crippen molar-refractivity contribution in [3.05, 3.63) is 47.3 Å². The maximum atomic E-state index is 5.53. The highest BCUT2D eigenvalue weighted by molar-refractivity contribution is 5.27. The van der Waals surface area contributed by atoms with Gasteiger partial charge in [0.15, 0.2) is 0 Å². The molecule has 0 aliphatic heterocycles. The Kier molecular flexibility index (Phi) is 3.28. The molecule has 1 heterocycles. The van der Waals surface area contributed by atoms with Crippen LogP contribution in [0.3, 0.4) is 0 Å². The Hall–Kier alpha value is -1.72. The summed E-state index contributed by atoms with van der Waals surface area (Å²) in [4.78, 5) is 0. The minimum atomic E-state index is -0.0140. The lowest BCUT2D eigenvalue weighted by Crippen LogP contribution is -2.30. The average molecular weight is 217 g/mol. The first-order valence-corrected chi connectivity index (χ1v) is 5.17. The molecule has 16 heavy (non-hydrogen) atoms. The normalized spacial score (nSPS) is 12.6. The van der Waals surface area contributed by atoms with Gasteiger partial charge in [-0.2, -0.15) is 15.4 Å². The van der Waals surface area contributed by atoms with Gasteiger partial charge >= 0.3 is 0 Å². The standard InChI is InChI=1S/C11H15N5/c1-8-4-2-3-5-9(8)6-10(14-12)11-7-13-16-15-11/h2-5,7,10,14H,6,12H2,1H3,(H,13,15,16). The van der Waals surface area contributed by atoms with Gasteiger partial charge in [0.25, 0.3) is 0 Å². The molecule has 0 bridgehead atoms. The van der Waals surface area contributed by atoms with E-state index in [1.165, 1.54) is 11.1 Å². The lowest BCUT2D eigenvalue weighted by molar-refractivity contribution is 0.536. The molecule has 1 aromatic carbocycles. The third-order valence-corrected chi connectivity index (χ3v) is 2.68. The number of nitrogens with zero attached hydrogens (tertiary/aromatic N) is 2. The fourth-order valence-electron chi connectivity index (χ4n) is 1.69. The van der Waals surface area contributed by atoms with Crippen molar-refractivity contribution in [3.8, 4) is 0 Å². The molecule has 0 radical (unpaired) electrons. The summed E-state index contributed by atoms with van der Waals surface area (Å²) in [6.45, 7) is 2.09. The summed E-state index contributed by atoms with van der Waals surface area (Å²) >= 11 is 0. The van der Waals surface area contributed by atoms with Gasteiger partial charge in [-0.1, -0.05) is 24.3 Å². The van der Waals surface area contributed by atoms with E-state index in [-0.39, 0.29) is 6.04 Å². The third-order valence-electron chi connectivity index (χ3n) is 2.68. The highest BCUT2D eigenvalue weighted by Gasteiger charge is 2.13. The number of hydrazine groups is 1. The Morgan fingerprint density at radius 1 is 1.44 bits per heavy atom. The molecule has 1 aromatic heterocycles. The highest BCUT2D eigenvalue weighted by atomic mass is 15.3. The van der Waals surface area contributed by atoms with Gasteiger partial charge in [0.1, 0.15) is 5.69 Å². The minimum absolute atomic E-state index is 0.0140. The summed E-state index contributed by atoms with van der Waals surface area (Å²) in [6, 6.07) is 8.23. The molecule has 0 fully saturated rings. The predicted molar refractivity (Wildman–Crippen MR) is 61.3 cm³/mol. The number of aryl methyl sites for hydroxylation is 1. The van der Waals surface area contributed by atoms with E-state index in [0.29, 0.717) is 0 Å². The zero-order valence-electron chi connectivity index (χ0n) is 9.14. The van der Waals surface area contributed by atoms with E-state index in [2.05, 4.69) is 39.9 Å². The molecule has 0 amide bonds. The van der Waals surface area contributed by atoms with E-state index in [1.54, 1.807) is 6.20 Å². The third kappa shape index (κ3) is 2.26. The summed E-state index contributed by atoms with van der Waals surface area (Å²) in [7, 11) is 0. The van der Waals surface area contributed by atoms with E-state index in [9.17, 15) is 0 Å². The zero-order chi connectivity index (χ0) is 11.4. The smallest absolute Gasteiger partial charge is 0.101 e. The maximum Gasteiger partial charge on any atom is 0.101 e. The lowest BCUT2D eigenvalue weighted by Gasteiger charge is -2.14. The van der Waals surface area contributed by atoms with Crippen molar-refractivity contribution in [2.24, 2.45) is 5.84 Å². The number of aromatic nitrogens is 3. The molecule has 5 nitrogen and oxygen atoms in total. The number of hydrogen-bond donors (Lipinski definition) is 3. The summed E-state index contributed by atoms with van der Waals surface area (Å²) < 4.78 is 0. The predicted octanol–water partition coefficient (Wildman–Crippen LogP) is 0.860. The van der Waals surface area contributed by atoms with Crippen molar-refractivity contribution in [2.75, 3.05) is 0 Å². The van der Waals surface area contributed by atoms with Gasteiger partial charge in [0, 0.05) is 0 Å². The summed E-state index contributed by atoms with van der Waals surface area (Å²) in [5.74, 6) is 5.53. The zero-order valence-corrected chi connectivity index (χ0v) is 9.14. The van der Waals surface area contributed by atoms with Crippen molar-refractivity contribution in [2.45, 2.75) is 19.4 Å². The largest absolute Gasteiger partial charge is 0.271 e. The molecule has 2 rings (SSSR count). The quantitative estimate of drug-likeness (QED) is 0.524. The van der Waals surface area contributed by atoms with Crippen molar-refractivity contribution in [1.29, 1.82) is 0 Å². The fourth-order valence-corrected chi connectivity index (χ4v) is 1.69. The SMILES string of the molecule is Cc1ccccc1CC(NN)c1cn[nH]n1. The molecule has 0 aliphatic carbocycles. The second kappa shape index (κ2) is 4.87. The van der Waals surface area contributed by atoms with Crippen LogP contribution in [0, 0.1) is 6.92 Å². The summed E-state index contributed by atoms with van der Waals surface area (Å²) in [6.07, 6.45) is 2.48. The Labute approximate surface area is 94.0 Å². The number of nitrogens with two attached hydrogens (primary N) is 1. The van der Waals surface area contributed by atoms with Gasteiger partial charge in [-0.05, 0) is 24.5 Å². The van der Waals surface area contributed by atoms with Crippen molar-refractivity contribution in [1.82, 2.24) is 20.8 Å². The maximum absolute atomic E-state index is 5.53. The van der Waals surface area contributed by atoms with Crippen LogP contribution in [0.5, 0.6) is 0 Å². The van der Waals surface area contributed by atoms with Crippen LogP contribution in [0.4, 0.5) is 0 Å². The van der Waals surface area contributed by atoms with E-state index in [0.717, 1.165) is 12.1 Å². The Balaban J connectivity index is 2.17. The van der Waals surface area contributed by atoms with Crippen molar-refractivity contribution < 1.29 is 0 Å². The molecule has 84 valence electrons. The topological polar surface area (TPSA) is 79.6 Å². The van der Waals surface area contributed by atoms with E-state index >= 15 is 0 Å². The first kappa shape index (κ1) is 10.8. The van der Waals surface area contributed by atoms with Crippen LogP contribution in [0.1, 0.15) is 22.9 Å². The van der Waals surface area contributed by atoms with E-state index < -0.39 is 0 Å². The van der Waals surface area contributed by atoms with Crippen LogP contribution in [-0.4, -0.2) is 15.4 Å². The number of H-pyrrole nitrogens is 1. The molecule has 0 saturated heterocycles. The molecular formula is C11H15N5. The molecule has 5 heteroatoms. The molecular weight excluding hydrogens is 202 g/mol. The molecule has 1 unspecified atom stereocenters. The van der Waals surface area contributed by atoms with Crippen LogP contribution in [-0.2, 0) is 6.42 Å². The molecule has 0 saturated carbocycles. The molecule has 4 N–H and O–H groups in total. The molecule has 0 aliphatic rings. The van der Waals surface area contributed by atoms with Gasteiger partial charge < -0.3 is 0 Å². The molecule has 2 aromatic rings.